The van der Waals surface area contributed by atoms with Gasteiger partial charge in [0.15, 0.2) is 5.69 Å². The highest BCUT2D eigenvalue weighted by molar-refractivity contribution is 5.90. The number of aromatic nitrogens is 2. The van der Waals surface area contributed by atoms with Gasteiger partial charge in [-0.3, -0.25) is 4.79 Å². The summed E-state index contributed by atoms with van der Waals surface area (Å²) in [7, 11) is 0. The molecule has 1 amide bonds. The van der Waals surface area contributed by atoms with Crippen LogP contribution in [0.1, 0.15) is 30.8 Å². The van der Waals surface area contributed by atoms with Crippen LogP contribution in [0.2, 0.25) is 0 Å². The van der Waals surface area contributed by atoms with Gasteiger partial charge in [0.1, 0.15) is 5.82 Å². The Morgan fingerprint density at radius 2 is 2.12 bits per heavy atom. The molecule has 0 aliphatic rings. The minimum absolute atomic E-state index is 0.162. The van der Waals surface area contributed by atoms with E-state index in [4.69, 9.17) is 11.5 Å². The number of nitrogens with two attached hydrogens (primary N) is 2. The molecule has 0 aliphatic heterocycles. The average Bonchev–Trinajstić information content (AvgIpc) is 2.29. The van der Waals surface area contributed by atoms with Crippen molar-refractivity contribution in [3.05, 3.63) is 17.8 Å². The van der Waals surface area contributed by atoms with Crippen molar-refractivity contribution >= 4 is 11.7 Å². The molecule has 17 heavy (non-hydrogen) atoms. The van der Waals surface area contributed by atoms with E-state index in [-0.39, 0.29) is 11.7 Å². The van der Waals surface area contributed by atoms with Gasteiger partial charge >= 0.3 is 0 Å². The van der Waals surface area contributed by atoms with Gasteiger partial charge in [-0.25, -0.2) is 0 Å². The molecule has 1 heterocycles. The lowest BCUT2D eigenvalue weighted by molar-refractivity contribution is 0.0994. The standard InChI is InChI=1S/C11H19N5O/c1-7(2)8(5-6-12)14-10-4-3-9(11(13)17)15-16-10/h3-4,7-8H,5-6,12H2,1-2H3,(H2,13,17)(H,14,16). The van der Waals surface area contributed by atoms with Crippen LogP contribution >= 0.6 is 0 Å². The van der Waals surface area contributed by atoms with Crippen molar-refractivity contribution in [1.29, 1.82) is 0 Å². The van der Waals surface area contributed by atoms with E-state index in [1.165, 1.54) is 0 Å². The van der Waals surface area contributed by atoms with Gasteiger partial charge in [-0.1, -0.05) is 13.8 Å². The highest BCUT2D eigenvalue weighted by Gasteiger charge is 2.13. The summed E-state index contributed by atoms with van der Waals surface area (Å²) in [6, 6.07) is 3.49. The highest BCUT2D eigenvalue weighted by atomic mass is 16.1. The molecule has 1 atom stereocenters. The largest absolute Gasteiger partial charge is 0.366 e. The van der Waals surface area contributed by atoms with E-state index in [1.54, 1.807) is 12.1 Å². The Morgan fingerprint density at radius 3 is 2.53 bits per heavy atom. The van der Waals surface area contributed by atoms with Gasteiger partial charge in [0.05, 0.1) is 0 Å². The first-order valence-electron chi connectivity index (χ1n) is 5.64. The summed E-state index contributed by atoms with van der Waals surface area (Å²) < 4.78 is 0. The topological polar surface area (TPSA) is 107 Å². The summed E-state index contributed by atoms with van der Waals surface area (Å²) in [5.41, 5.74) is 10.8. The maximum atomic E-state index is 10.8. The van der Waals surface area contributed by atoms with Crippen molar-refractivity contribution in [3.8, 4) is 0 Å². The van der Waals surface area contributed by atoms with Crippen molar-refractivity contribution in [2.24, 2.45) is 17.4 Å². The minimum atomic E-state index is -0.577. The lowest BCUT2D eigenvalue weighted by Gasteiger charge is -2.21. The molecule has 1 unspecified atom stereocenters. The summed E-state index contributed by atoms with van der Waals surface area (Å²) in [5, 5.41) is 10.9. The second kappa shape index (κ2) is 6.15. The van der Waals surface area contributed by atoms with E-state index in [1.807, 2.05) is 0 Å². The fourth-order valence-corrected chi connectivity index (χ4v) is 1.48. The zero-order valence-corrected chi connectivity index (χ0v) is 10.2. The Kier molecular flexibility index (Phi) is 4.84. The van der Waals surface area contributed by atoms with Gasteiger partial charge in [-0.05, 0) is 31.0 Å². The van der Waals surface area contributed by atoms with E-state index in [9.17, 15) is 4.79 Å². The number of carbonyl (C=O) groups excluding carboxylic acids is 1. The van der Waals surface area contributed by atoms with Crippen molar-refractivity contribution in [1.82, 2.24) is 10.2 Å². The Morgan fingerprint density at radius 1 is 1.41 bits per heavy atom. The Hall–Kier alpha value is -1.69. The number of anilines is 1. The number of amides is 1. The first-order chi connectivity index (χ1) is 8.04. The fraction of sp³-hybridized carbons (Fsp3) is 0.545. The minimum Gasteiger partial charge on any atom is -0.366 e. The zero-order chi connectivity index (χ0) is 12.8. The number of nitrogens with one attached hydrogen (secondary N) is 1. The van der Waals surface area contributed by atoms with E-state index in [2.05, 4.69) is 29.4 Å². The number of rotatable bonds is 6. The lowest BCUT2D eigenvalue weighted by atomic mass is 10.0. The van der Waals surface area contributed by atoms with Crippen LogP contribution in [0.25, 0.3) is 0 Å². The molecule has 0 bridgehead atoms. The van der Waals surface area contributed by atoms with Crippen molar-refractivity contribution in [2.45, 2.75) is 26.3 Å². The van der Waals surface area contributed by atoms with Crippen LogP contribution in [0.4, 0.5) is 5.82 Å². The molecule has 1 rings (SSSR count). The quantitative estimate of drug-likeness (QED) is 0.662. The number of nitrogens with zero attached hydrogens (tertiary/aromatic N) is 2. The summed E-state index contributed by atoms with van der Waals surface area (Å²) in [5.74, 6) is 0.490. The van der Waals surface area contributed by atoms with Gasteiger partial charge in [0, 0.05) is 6.04 Å². The van der Waals surface area contributed by atoms with E-state index in [0.717, 1.165) is 6.42 Å². The molecule has 0 saturated carbocycles. The van der Waals surface area contributed by atoms with Crippen LogP contribution in [0.15, 0.2) is 12.1 Å². The molecule has 0 aromatic carbocycles. The third-order valence-electron chi connectivity index (χ3n) is 2.53. The maximum Gasteiger partial charge on any atom is 0.269 e. The highest BCUT2D eigenvalue weighted by Crippen LogP contribution is 2.12. The first kappa shape index (κ1) is 13.4. The maximum absolute atomic E-state index is 10.8. The Bertz CT molecular complexity index is 363. The second-order valence-corrected chi connectivity index (χ2v) is 4.24. The number of hydrogen-bond acceptors (Lipinski definition) is 5. The summed E-state index contributed by atoms with van der Waals surface area (Å²) in [6.45, 7) is 4.83. The van der Waals surface area contributed by atoms with Crippen molar-refractivity contribution in [2.75, 3.05) is 11.9 Å². The SMILES string of the molecule is CC(C)C(CCN)Nc1ccc(C(N)=O)nn1. The number of carbonyl (C=O) groups is 1. The van der Waals surface area contributed by atoms with Gasteiger partial charge in [-0.2, -0.15) is 0 Å². The second-order valence-electron chi connectivity index (χ2n) is 4.24. The molecule has 0 fully saturated rings. The van der Waals surface area contributed by atoms with Crippen LogP contribution in [0.3, 0.4) is 0 Å². The Balaban J connectivity index is 2.69. The van der Waals surface area contributed by atoms with Crippen molar-refractivity contribution in [3.63, 3.8) is 0 Å². The molecular formula is C11H19N5O. The zero-order valence-electron chi connectivity index (χ0n) is 10.2. The van der Waals surface area contributed by atoms with Gasteiger partial charge < -0.3 is 16.8 Å². The van der Waals surface area contributed by atoms with Gasteiger partial charge in [0.2, 0.25) is 0 Å². The third-order valence-corrected chi connectivity index (χ3v) is 2.53. The van der Waals surface area contributed by atoms with Crippen LogP contribution in [-0.4, -0.2) is 28.7 Å². The molecule has 0 radical (unpaired) electrons. The predicted molar refractivity (Wildman–Crippen MR) is 66.5 cm³/mol. The predicted octanol–water partition coefficient (Wildman–Crippen LogP) is 0.361. The smallest absolute Gasteiger partial charge is 0.269 e. The fourth-order valence-electron chi connectivity index (χ4n) is 1.48. The number of primary amides is 1. The third kappa shape index (κ3) is 3.99. The monoisotopic (exact) mass is 237 g/mol. The molecule has 6 heteroatoms. The van der Waals surface area contributed by atoms with E-state index >= 15 is 0 Å². The van der Waals surface area contributed by atoms with Crippen LogP contribution in [-0.2, 0) is 0 Å². The molecule has 0 aliphatic carbocycles. The Labute approximate surface area is 101 Å². The molecule has 1 aromatic heterocycles. The molecule has 1 aromatic rings. The summed E-state index contributed by atoms with van der Waals surface area (Å²) in [6.07, 6.45) is 0.858. The summed E-state index contributed by atoms with van der Waals surface area (Å²) in [4.78, 5) is 10.8. The number of hydrogen-bond donors (Lipinski definition) is 3. The molecule has 5 N–H and O–H groups in total. The van der Waals surface area contributed by atoms with E-state index < -0.39 is 5.91 Å². The molecular weight excluding hydrogens is 218 g/mol. The van der Waals surface area contributed by atoms with Crippen molar-refractivity contribution < 1.29 is 4.79 Å². The molecule has 6 nitrogen and oxygen atoms in total. The first-order valence-corrected chi connectivity index (χ1v) is 5.64. The van der Waals surface area contributed by atoms with Crippen LogP contribution < -0.4 is 16.8 Å². The molecule has 94 valence electrons. The van der Waals surface area contributed by atoms with Gasteiger partial charge in [0.25, 0.3) is 5.91 Å². The molecule has 0 saturated heterocycles. The molecule has 0 spiro atoms. The lowest BCUT2D eigenvalue weighted by Crippen LogP contribution is -2.29. The van der Waals surface area contributed by atoms with Crippen LogP contribution in [0, 0.1) is 5.92 Å². The van der Waals surface area contributed by atoms with Gasteiger partial charge in [-0.15, -0.1) is 10.2 Å². The average molecular weight is 237 g/mol. The van der Waals surface area contributed by atoms with Crippen LogP contribution in [0.5, 0.6) is 0 Å². The normalized spacial score (nSPS) is 12.5. The van der Waals surface area contributed by atoms with E-state index in [0.29, 0.717) is 18.3 Å². The summed E-state index contributed by atoms with van der Waals surface area (Å²) >= 11 is 0.